The van der Waals surface area contributed by atoms with Gasteiger partial charge in [0.25, 0.3) is 0 Å². The molecule has 1 aromatic heterocycles. The van der Waals surface area contributed by atoms with Crippen molar-refractivity contribution >= 4 is 45.8 Å². The summed E-state index contributed by atoms with van der Waals surface area (Å²) >= 11 is 7.78. The fourth-order valence-corrected chi connectivity index (χ4v) is 3.37. The zero-order chi connectivity index (χ0) is 12.5. The minimum atomic E-state index is 0.722. The van der Waals surface area contributed by atoms with Crippen LogP contribution in [0.1, 0.15) is 19.3 Å². The summed E-state index contributed by atoms with van der Waals surface area (Å²) < 4.78 is 4.34. The summed E-state index contributed by atoms with van der Waals surface area (Å²) in [7, 11) is 0. The predicted molar refractivity (Wildman–Crippen MR) is 86.3 cm³/mol. The fraction of sp³-hybridized carbons (Fsp3) is 0.357. The maximum Gasteiger partial charge on any atom is 0.178 e. The number of fused-ring (bicyclic) bond motifs is 1. The van der Waals surface area contributed by atoms with E-state index in [2.05, 4.69) is 62.5 Å². The molecule has 0 fully saturated rings. The van der Waals surface area contributed by atoms with Crippen molar-refractivity contribution in [3.63, 3.8) is 0 Å². The van der Waals surface area contributed by atoms with Gasteiger partial charge < -0.3 is 9.55 Å². The van der Waals surface area contributed by atoms with Crippen LogP contribution in [0, 0.1) is 14.3 Å². The number of nitrogens with zero attached hydrogens (tertiary/aromatic N) is 1. The molecule has 2 aromatic rings. The molecule has 0 radical (unpaired) electrons. The van der Waals surface area contributed by atoms with Gasteiger partial charge in [-0.05, 0) is 78.2 Å². The first-order chi connectivity index (χ1) is 8.74. The molecule has 1 unspecified atom stereocenters. The number of allylic oxidation sites excluding steroid dienone is 2. The van der Waals surface area contributed by atoms with Gasteiger partial charge in [-0.1, -0.05) is 12.2 Å². The summed E-state index contributed by atoms with van der Waals surface area (Å²) in [5, 5.41) is 0. The number of rotatable bonds is 2. The van der Waals surface area contributed by atoms with Crippen molar-refractivity contribution in [2.45, 2.75) is 25.8 Å². The molecule has 1 aliphatic carbocycles. The lowest BCUT2D eigenvalue weighted by molar-refractivity contribution is 0.413. The number of benzene rings is 1. The molecule has 18 heavy (non-hydrogen) atoms. The Morgan fingerprint density at radius 1 is 1.39 bits per heavy atom. The van der Waals surface area contributed by atoms with Gasteiger partial charge in [0, 0.05) is 10.1 Å². The molecule has 0 amide bonds. The highest BCUT2D eigenvalue weighted by atomic mass is 127. The first-order valence-electron chi connectivity index (χ1n) is 6.27. The molecule has 0 spiro atoms. The van der Waals surface area contributed by atoms with Crippen LogP contribution in [0.2, 0.25) is 0 Å². The second-order valence-electron chi connectivity index (χ2n) is 4.85. The molecule has 1 aromatic carbocycles. The molecule has 2 nitrogen and oxygen atoms in total. The predicted octanol–water partition coefficient (Wildman–Crippen LogP) is 4.66. The smallest absolute Gasteiger partial charge is 0.178 e. The van der Waals surface area contributed by atoms with E-state index in [1.54, 1.807) is 0 Å². The first kappa shape index (κ1) is 12.4. The van der Waals surface area contributed by atoms with Gasteiger partial charge in [0.2, 0.25) is 0 Å². The highest BCUT2D eigenvalue weighted by Gasteiger charge is 2.13. The van der Waals surface area contributed by atoms with Gasteiger partial charge in [-0.25, -0.2) is 0 Å². The summed E-state index contributed by atoms with van der Waals surface area (Å²) in [6.07, 6.45) is 8.25. The number of aromatic amines is 1. The highest BCUT2D eigenvalue weighted by Crippen LogP contribution is 2.23. The Labute approximate surface area is 125 Å². The van der Waals surface area contributed by atoms with Crippen LogP contribution in [0.25, 0.3) is 11.0 Å². The van der Waals surface area contributed by atoms with Gasteiger partial charge in [0.1, 0.15) is 0 Å². The number of H-pyrrole nitrogens is 1. The van der Waals surface area contributed by atoms with Gasteiger partial charge in [-0.15, -0.1) is 0 Å². The van der Waals surface area contributed by atoms with E-state index in [-0.39, 0.29) is 0 Å². The van der Waals surface area contributed by atoms with Crippen molar-refractivity contribution in [2.75, 3.05) is 0 Å². The van der Waals surface area contributed by atoms with E-state index >= 15 is 0 Å². The lowest BCUT2D eigenvalue weighted by atomic mass is 9.94. The normalized spacial score (nSPS) is 19.5. The molecule has 4 heteroatoms. The Bertz CT molecular complexity index is 653. The molecular formula is C14H15IN2S. The Hall–Kier alpha value is -0.620. The molecule has 0 bridgehead atoms. The van der Waals surface area contributed by atoms with E-state index in [9.17, 15) is 0 Å². The number of hydrogen-bond donors (Lipinski definition) is 1. The number of hydrogen-bond acceptors (Lipinski definition) is 1. The third kappa shape index (κ3) is 2.40. The topological polar surface area (TPSA) is 20.7 Å². The monoisotopic (exact) mass is 370 g/mol. The van der Waals surface area contributed by atoms with Crippen LogP contribution in [-0.2, 0) is 6.54 Å². The summed E-state index contributed by atoms with van der Waals surface area (Å²) in [6, 6.07) is 6.47. The van der Waals surface area contributed by atoms with Gasteiger partial charge in [0.05, 0.1) is 11.0 Å². The molecule has 0 saturated carbocycles. The van der Waals surface area contributed by atoms with E-state index < -0.39 is 0 Å². The minimum Gasteiger partial charge on any atom is -0.331 e. The van der Waals surface area contributed by atoms with Gasteiger partial charge in [-0.2, -0.15) is 0 Å². The summed E-state index contributed by atoms with van der Waals surface area (Å²) in [5.74, 6) is 0.722. The largest absolute Gasteiger partial charge is 0.331 e. The van der Waals surface area contributed by atoms with E-state index in [0.29, 0.717) is 0 Å². The summed E-state index contributed by atoms with van der Waals surface area (Å²) in [6.45, 7) is 1.03. The molecule has 1 heterocycles. The van der Waals surface area contributed by atoms with Crippen LogP contribution < -0.4 is 0 Å². The maximum absolute atomic E-state index is 5.45. The molecule has 0 saturated heterocycles. The van der Waals surface area contributed by atoms with Crippen molar-refractivity contribution in [2.24, 2.45) is 5.92 Å². The first-order valence-corrected chi connectivity index (χ1v) is 7.76. The second-order valence-corrected chi connectivity index (χ2v) is 6.49. The van der Waals surface area contributed by atoms with Crippen molar-refractivity contribution in [1.29, 1.82) is 0 Å². The summed E-state index contributed by atoms with van der Waals surface area (Å²) in [5.41, 5.74) is 2.38. The minimum absolute atomic E-state index is 0.722. The Balaban J connectivity index is 1.98. The molecule has 1 atom stereocenters. The van der Waals surface area contributed by atoms with Crippen LogP contribution in [0.5, 0.6) is 0 Å². The van der Waals surface area contributed by atoms with Crippen LogP contribution in [0.4, 0.5) is 0 Å². The Kier molecular flexibility index (Phi) is 3.56. The van der Waals surface area contributed by atoms with Gasteiger partial charge in [0.15, 0.2) is 4.77 Å². The van der Waals surface area contributed by atoms with Crippen LogP contribution in [0.3, 0.4) is 0 Å². The van der Waals surface area contributed by atoms with E-state index in [0.717, 1.165) is 22.8 Å². The molecule has 1 N–H and O–H groups in total. The van der Waals surface area contributed by atoms with Crippen molar-refractivity contribution < 1.29 is 0 Å². The average molecular weight is 370 g/mol. The van der Waals surface area contributed by atoms with Crippen molar-refractivity contribution in [1.82, 2.24) is 9.55 Å². The summed E-state index contributed by atoms with van der Waals surface area (Å²) in [4.78, 5) is 3.31. The number of imidazole rings is 1. The number of aromatic nitrogens is 2. The molecule has 3 rings (SSSR count). The SMILES string of the molecule is S=c1[nH]c2cc(I)ccc2n1CC1CC=CCC1. The zero-order valence-electron chi connectivity index (χ0n) is 10.0. The van der Waals surface area contributed by atoms with E-state index in [1.165, 1.54) is 28.3 Å². The number of halogens is 1. The third-order valence-electron chi connectivity index (χ3n) is 3.55. The highest BCUT2D eigenvalue weighted by molar-refractivity contribution is 14.1. The molecular weight excluding hydrogens is 355 g/mol. The molecule has 0 aliphatic heterocycles. The molecule has 1 aliphatic rings. The zero-order valence-corrected chi connectivity index (χ0v) is 13.0. The number of nitrogens with one attached hydrogen (secondary N) is 1. The van der Waals surface area contributed by atoms with Crippen LogP contribution in [-0.4, -0.2) is 9.55 Å². The van der Waals surface area contributed by atoms with Gasteiger partial charge >= 0.3 is 0 Å². The Morgan fingerprint density at radius 3 is 3.06 bits per heavy atom. The third-order valence-corrected chi connectivity index (χ3v) is 4.55. The van der Waals surface area contributed by atoms with Crippen LogP contribution in [0.15, 0.2) is 30.4 Å². The van der Waals surface area contributed by atoms with Crippen molar-refractivity contribution in [3.05, 3.63) is 38.7 Å². The lowest BCUT2D eigenvalue weighted by Gasteiger charge is -2.18. The van der Waals surface area contributed by atoms with E-state index in [1.807, 2.05) is 0 Å². The molecule has 94 valence electrons. The second kappa shape index (κ2) is 5.17. The van der Waals surface area contributed by atoms with Gasteiger partial charge in [-0.3, -0.25) is 0 Å². The van der Waals surface area contributed by atoms with Crippen LogP contribution >= 0.6 is 34.8 Å². The standard InChI is InChI=1S/C14H15IN2S/c15-11-6-7-13-12(8-11)16-14(18)17(13)9-10-4-2-1-3-5-10/h1-2,6-8,10H,3-5,9H2,(H,16,18). The Morgan fingerprint density at radius 2 is 2.28 bits per heavy atom. The quantitative estimate of drug-likeness (QED) is 0.463. The lowest BCUT2D eigenvalue weighted by Crippen LogP contribution is -2.12. The van der Waals surface area contributed by atoms with Crippen molar-refractivity contribution in [3.8, 4) is 0 Å². The average Bonchev–Trinajstić information content (AvgIpc) is 2.66. The maximum atomic E-state index is 5.45. The fourth-order valence-electron chi connectivity index (χ4n) is 2.60. The van der Waals surface area contributed by atoms with E-state index in [4.69, 9.17) is 12.2 Å².